The van der Waals surface area contributed by atoms with Gasteiger partial charge in [0.2, 0.25) is 0 Å². The van der Waals surface area contributed by atoms with E-state index < -0.39 is 7.37 Å². The molecule has 0 radical (unpaired) electrons. The minimum atomic E-state index is -2.99. The minimum absolute atomic E-state index is 0.208. The molecule has 0 aromatic rings. The maximum Gasteiger partial charge on any atom is 0.199 e. The average molecular weight is 223 g/mol. The maximum atomic E-state index is 11.2. The van der Waals surface area contributed by atoms with E-state index in [9.17, 15) is 9.46 Å². The van der Waals surface area contributed by atoms with Crippen molar-refractivity contribution in [3.05, 3.63) is 0 Å². The van der Waals surface area contributed by atoms with Crippen LogP contribution in [0.3, 0.4) is 0 Å². The molecule has 0 aliphatic heterocycles. The normalized spacial score (nSPS) is 21.4. The molecule has 86 valence electrons. The van der Waals surface area contributed by atoms with Gasteiger partial charge in [0.25, 0.3) is 0 Å². The Morgan fingerprint density at radius 1 is 1.43 bits per heavy atom. The first-order valence-corrected chi connectivity index (χ1v) is 7.23. The second-order valence-corrected chi connectivity index (χ2v) is 7.46. The van der Waals surface area contributed by atoms with Gasteiger partial charge in [-0.25, -0.2) is 0 Å². The van der Waals surface area contributed by atoms with Gasteiger partial charge in [0.15, 0.2) is 7.37 Å². The Kier molecular flexibility index (Phi) is 4.79. The molecule has 0 fully saturated rings. The van der Waals surface area contributed by atoms with Gasteiger partial charge < -0.3 is 15.1 Å². The molecular formula is C9H24N2O2P+. The number of nitrogens with zero attached hydrogens (tertiary/aromatic N) is 1. The molecule has 0 heterocycles. The van der Waals surface area contributed by atoms with E-state index in [0.29, 0.717) is 0 Å². The molecule has 0 amide bonds. The standard InChI is InChI=1S/C9H23N2O2P/c1-6-9(11(2,3)4)8(10)7-14(5,12)13/h8-9H,6-7,10H2,1-5H3/p+1. The summed E-state index contributed by atoms with van der Waals surface area (Å²) in [7, 11) is 3.19. The van der Waals surface area contributed by atoms with Crippen molar-refractivity contribution in [1.82, 2.24) is 0 Å². The summed E-state index contributed by atoms with van der Waals surface area (Å²) in [4.78, 5) is 9.27. The van der Waals surface area contributed by atoms with Crippen molar-refractivity contribution in [2.24, 2.45) is 5.73 Å². The molecular weight excluding hydrogens is 199 g/mol. The number of quaternary nitrogens is 1. The van der Waals surface area contributed by atoms with Gasteiger partial charge in [0.1, 0.15) is 6.04 Å². The summed E-state index contributed by atoms with van der Waals surface area (Å²) in [6.07, 6.45) is 1.13. The lowest BCUT2D eigenvalue weighted by Crippen LogP contribution is -2.55. The zero-order chi connectivity index (χ0) is 11.6. The third-order valence-corrected chi connectivity index (χ3v) is 3.56. The lowest BCUT2D eigenvalue weighted by Gasteiger charge is -2.37. The van der Waals surface area contributed by atoms with Crippen LogP contribution in [-0.4, -0.2) is 55.4 Å². The fourth-order valence-electron chi connectivity index (χ4n) is 1.94. The summed E-state index contributed by atoms with van der Waals surface area (Å²) in [5.74, 6) is 0. The highest BCUT2D eigenvalue weighted by Crippen LogP contribution is 2.36. The number of likely N-dealkylation sites (N-methyl/N-ethyl adjacent to an activating group) is 1. The molecule has 0 aliphatic rings. The monoisotopic (exact) mass is 223 g/mol. The molecule has 0 saturated heterocycles. The Balaban J connectivity index is 4.49. The Bertz CT molecular complexity index is 219. The molecule has 0 aromatic carbocycles. The van der Waals surface area contributed by atoms with Crippen molar-refractivity contribution in [3.8, 4) is 0 Å². The van der Waals surface area contributed by atoms with Gasteiger partial charge in [-0.05, 0) is 6.42 Å². The molecule has 3 atom stereocenters. The fraction of sp³-hybridized carbons (Fsp3) is 1.00. The smallest absolute Gasteiger partial charge is 0.199 e. The van der Waals surface area contributed by atoms with E-state index in [-0.39, 0.29) is 18.2 Å². The van der Waals surface area contributed by atoms with Crippen LogP contribution in [0.5, 0.6) is 0 Å². The highest BCUT2D eigenvalue weighted by molar-refractivity contribution is 7.57. The van der Waals surface area contributed by atoms with E-state index in [1.54, 1.807) is 0 Å². The molecule has 5 heteroatoms. The summed E-state index contributed by atoms with van der Waals surface area (Å²) in [6.45, 7) is 3.43. The molecule has 0 saturated carbocycles. The van der Waals surface area contributed by atoms with Crippen LogP contribution in [0.2, 0.25) is 0 Å². The zero-order valence-electron chi connectivity index (χ0n) is 9.90. The lowest BCUT2D eigenvalue weighted by atomic mass is 10.1. The SMILES string of the molecule is CCC(C(N)CP(C)(=O)O)[N+](C)(C)C. The van der Waals surface area contributed by atoms with Gasteiger partial charge in [-0.15, -0.1) is 0 Å². The van der Waals surface area contributed by atoms with Crippen molar-refractivity contribution in [1.29, 1.82) is 0 Å². The quantitative estimate of drug-likeness (QED) is 0.532. The first-order valence-electron chi connectivity index (χ1n) is 4.94. The van der Waals surface area contributed by atoms with E-state index in [1.165, 1.54) is 6.66 Å². The van der Waals surface area contributed by atoms with Crippen molar-refractivity contribution >= 4 is 7.37 Å². The molecule has 0 aliphatic carbocycles. The Hall–Kier alpha value is 0.110. The van der Waals surface area contributed by atoms with Crippen LogP contribution in [0.4, 0.5) is 0 Å². The summed E-state index contributed by atoms with van der Waals surface area (Å²) in [6, 6.07) is 0.0243. The Morgan fingerprint density at radius 3 is 2.07 bits per heavy atom. The van der Waals surface area contributed by atoms with Gasteiger partial charge in [-0.2, -0.15) is 0 Å². The molecule has 0 spiro atoms. The van der Waals surface area contributed by atoms with E-state index in [4.69, 9.17) is 5.73 Å². The third-order valence-electron chi connectivity index (χ3n) is 2.46. The highest BCUT2D eigenvalue weighted by Gasteiger charge is 2.31. The van der Waals surface area contributed by atoms with Crippen LogP contribution in [0.25, 0.3) is 0 Å². The van der Waals surface area contributed by atoms with E-state index in [0.717, 1.165) is 10.9 Å². The van der Waals surface area contributed by atoms with Crippen LogP contribution in [0.15, 0.2) is 0 Å². The number of hydrogen-bond acceptors (Lipinski definition) is 2. The van der Waals surface area contributed by atoms with Gasteiger partial charge in [0, 0.05) is 12.8 Å². The molecule has 3 N–H and O–H groups in total. The number of nitrogens with two attached hydrogens (primary N) is 1. The van der Waals surface area contributed by atoms with Crippen molar-refractivity contribution < 1.29 is 13.9 Å². The predicted octanol–water partition coefficient (Wildman–Crippen LogP) is 0.699. The number of hydrogen-bond donors (Lipinski definition) is 2. The van der Waals surface area contributed by atoms with E-state index in [1.807, 2.05) is 0 Å². The van der Waals surface area contributed by atoms with E-state index in [2.05, 4.69) is 28.1 Å². The van der Waals surface area contributed by atoms with Crippen LogP contribution >= 0.6 is 7.37 Å². The molecule has 0 aromatic heterocycles. The van der Waals surface area contributed by atoms with Crippen LogP contribution in [0, 0.1) is 0 Å². The molecule has 0 bridgehead atoms. The summed E-state index contributed by atoms with van der Waals surface area (Å²) >= 11 is 0. The first-order chi connectivity index (χ1) is 6.08. The second-order valence-electron chi connectivity index (χ2n) is 4.99. The predicted molar refractivity (Wildman–Crippen MR) is 60.7 cm³/mol. The Labute approximate surface area is 87.1 Å². The summed E-state index contributed by atoms with van der Waals surface area (Å²) in [5.41, 5.74) is 5.95. The molecule has 3 unspecified atom stereocenters. The largest absolute Gasteiger partial charge is 0.344 e. The minimum Gasteiger partial charge on any atom is -0.344 e. The molecule has 4 nitrogen and oxygen atoms in total. The summed E-state index contributed by atoms with van der Waals surface area (Å²) < 4.78 is 12.0. The van der Waals surface area contributed by atoms with Crippen molar-refractivity contribution in [2.45, 2.75) is 25.4 Å². The van der Waals surface area contributed by atoms with Crippen molar-refractivity contribution in [2.75, 3.05) is 34.0 Å². The molecule has 0 rings (SSSR count). The summed E-state index contributed by atoms with van der Waals surface area (Å²) in [5, 5.41) is 0. The average Bonchev–Trinajstić information content (AvgIpc) is 1.79. The topological polar surface area (TPSA) is 63.3 Å². The van der Waals surface area contributed by atoms with Crippen LogP contribution < -0.4 is 5.73 Å². The zero-order valence-corrected chi connectivity index (χ0v) is 10.8. The maximum absolute atomic E-state index is 11.2. The number of rotatable bonds is 5. The van der Waals surface area contributed by atoms with Crippen molar-refractivity contribution in [3.63, 3.8) is 0 Å². The molecule has 14 heavy (non-hydrogen) atoms. The third kappa shape index (κ3) is 5.11. The highest BCUT2D eigenvalue weighted by atomic mass is 31.2. The second kappa shape index (κ2) is 4.75. The van der Waals surface area contributed by atoms with E-state index >= 15 is 0 Å². The van der Waals surface area contributed by atoms with Gasteiger partial charge in [-0.1, -0.05) is 6.92 Å². The van der Waals surface area contributed by atoms with Gasteiger partial charge >= 0.3 is 0 Å². The lowest BCUT2D eigenvalue weighted by molar-refractivity contribution is -0.897. The first kappa shape index (κ1) is 14.1. The van der Waals surface area contributed by atoms with Crippen LogP contribution in [0.1, 0.15) is 13.3 Å². The fourth-order valence-corrected chi connectivity index (χ4v) is 2.96. The van der Waals surface area contributed by atoms with Gasteiger partial charge in [0.05, 0.1) is 27.2 Å². The Morgan fingerprint density at radius 2 is 1.86 bits per heavy atom. The van der Waals surface area contributed by atoms with Crippen LogP contribution in [-0.2, 0) is 4.57 Å². The van der Waals surface area contributed by atoms with Gasteiger partial charge in [-0.3, -0.25) is 4.57 Å².